The summed E-state index contributed by atoms with van der Waals surface area (Å²) in [7, 11) is 0. The van der Waals surface area contributed by atoms with Gasteiger partial charge in [0.05, 0.1) is 25.3 Å². The molecule has 0 bridgehead atoms. The highest BCUT2D eigenvalue weighted by atomic mass is 16.6. The van der Waals surface area contributed by atoms with Crippen LogP contribution in [0.15, 0.2) is 0 Å². The molecule has 1 aliphatic rings. The van der Waals surface area contributed by atoms with Gasteiger partial charge in [-0.3, -0.25) is 4.90 Å². The van der Waals surface area contributed by atoms with Crippen LogP contribution in [0, 0.1) is 0 Å². The number of hydrogen-bond donors (Lipinski definition) is 0. The fraction of sp³-hybridized carbons (Fsp3) is 0.909. The van der Waals surface area contributed by atoms with E-state index < -0.39 is 5.60 Å². The lowest BCUT2D eigenvalue weighted by molar-refractivity contribution is -0.0515. The third kappa shape index (κ3) is 3.38. The van der Waals surface area contributed by atoms with Crippen molar-refractivity contribution in [1.82, 2.24) is 4.90 Å². The monoisotopic (exact) mass is 215 g/mol. The van der Waals surface area contributed by atoms with E-state index in [0.29, 0.717) is 13.2 Å². The molecule has 15 heavy (non-hydrogen) atoms. The normalized spacial score (nSPS) is 27.7. The van der Waals surface area contributed by atoms with E-state index in [0.717, 1.165) is 0 Å². The molecule has 1 heterocycles. The van der Waals surface area contributed by atoms with Crippen molar-refractivity contribution < 1.29 is 14.3 Å². The number of amides is 1. The van der Waals surface area contributed by atoms with E-state index >= 15 is 0 Å². The number of nitrogens with zero attached hydrogens (tertiary/aromatic N) is 1. The number of carbonyl (C=O) groups is 1. The van der Waals surface area contributed by atoms with Gasteiger partial charge in [-0.15, -0.1) is 0 Å². The fourth-order valence-electron chi connectivity index (χ4n) is 1.68. The first kappa shape index (κ1) is 12.3. The molecule has 0 saturated carbocycles. The van der Waals surface area contributed by atoms with Crippen molar-refractivity contribution in [3.05, 3.63) is 0 Å². The molecular weight excluding hydrogens is 194 g/mol. The van der Waals surface area contributed by atoms with E-state index in [1.165, 1.54) is 0 Å². The maximum atomic E-state index is 11.9. The second-order valence-corrected chi connectivity index (χ2v) is 5.12. The van der Waals surface area contributed by atoms with Crippen LogP contribution in [0.1, 0.15) is 34.6 Å². The molecule has 0 aliphatic carbocycles. The summed E-state index contributed by atoms with van der Waals surface area (Å²) < 4.78 is 10.7. The average Bonchev–Trinajstić information content (AvgIpc) is 1.99. The largest absolute Gasteiger partial charge is 0.444 e. The molecule has 4 nitrogen and oxygen atoms in total. The van der Waals surface area contributed by atoms with Gasteiger partial charge in [0.25, 0.3) is 0 Å². The van der Waals surface area contributed by atoms with Crippen LogP contribution < -0.4 is 0 Å². The van der Waals surface area contributed by atoms with E-state index in [4.69, 9.17) is 9.47 Å². The van der Waals surface area contributed by atoms with Gasteiger partial charge in [-0.2, -0.15) is 0 Å². The predicted molar refractivity (Wildman–Crippen MR) is 57.8 cm³/mol. The Hall–Kier alpha value is -0.770. The van der Waals surface area contributed by atoms with E-state index in [9.17, 15) is 4.79 Å². The van der Waals surface area contributed by atoms with Crippen LogP contribution >= 0.6 is 0 Å². The van der Waals surface area contributed by atoms with Crippen LogP contribution in [0.5, 0.6) is 0 Å². The highest BCUT2D eigenvalue weighted by molar-refractivity contribution is 5.69. The standard InChI is InChI=1S/C11H21NO3/c1-8-6-14-7-9(2)12(8)10(13)15-11(3,4)5/h8-9H,6-7H2,1-5H3/t8-,9-/m1/s1. The van der Waals surface area contributed by atoms with E-state index in [1.54, 1.807) is 4.90 Å². The van der Waals surface area contributed by atoms with Gasteiger partial charge in [0.1, 0.15) is 5.60 Å². The molecule has 1 aliphatic heterocycles. The molecule has 2 atom stereocenters. The molecule has 0 N–H and O–H groups in total. The summed E-state index contributed by atoms with van der Waals surface area (Å²) in [4.78, 5) is 13.6. The molecule has 4 heteroatoms. The highest BCUT2D eigenvalue weighted by Gasteiger charge is 2.32. The van der Waals surface area contributed by atoms with Crippen molar-refractivity contribution in [2.75, 3.05) is 13.2 Å². The molecule has 1 saturated heterocycles. The van der Waals surface area contributed by atoms with Gasteiger partial charge in [0.2, 0.25) is 0 Å². The Morgan fingerprint density at radius 1 is 1.27 bits per heavy atom. The lowest BCUT2D eigenvalue weighted by Gasteiger charge is -2.39. The van der Waals surface area contributed by atoms with Crippen LogP contribution in [0.3, 0.4) is 0 Å². The summed E-state index contributed by atoms with van der Waals surface area (Å²) in [5.41, 5.74) is -0.436. The van der Waals surface area contributed by atoms with Crippen molar-refractivity contribution in [2.24, 2.45) is 0 Å². The number of carbonyl (C=O) groups excluding carboxylic acids is 1. The molecule has 0 radical (unpaired) electrons. The van der Waals surface area contributed by atoms with Crippen LogP contribution in [0.4, 0.5) is 4.79 Å². The second-order valence-electron chi connectivity index (χ2n) is 5.12. The number of ether oxygens (including phenoxy) is 2. The Morgan fingerprint density at radius 2 is 1.73 bits per heavy atom. The van der Waals surface area contributed by atoms with Crippen LogP contribution in [0.2, 0.25) is 0 Å². The number of rotatable bonds is 0. The highest BCUT2D eigenvalue weighted by Crippen LogP contribution is 2.17. The maximum absolute atomic E-state index is 11.9. The van der Waals surface area contributed by atoms with Gasteiger partial charge in [-0.1, -0.05) is 0 Å². The molecule has 0 aromatic carbocycles. The molecule has 1 amide bonds. The second kappa shape index (κ2) is 4.39. The molecular formula is C11H21NO3. The number of hydrogen-bond acceptors (Lipinski definition) is 3. The number of morpholine rings is 1. The Bertz CT molecular complexity index is 224. The van der Waals surface area contributed by atoms with Crippen molar-refractivity contribution in [3.8, 4) is 0 Å². The summed E-state index contributed by atoms with van der Waals surface area (Å²) in [6.45, 7) is 10.7. The summed E-state index contributed by atoms with van der Waals surface area (Å²) in [6, 6.07) is 0.173. The first-order valence-corrected chi connectivity index (χ1v) is 5.40. The Balaban J connectivity index is 2.64. The Kier molecular flexibility index (Phi) is 3.60. The fourth-order valence-corrected chi connectivity index (χ4v) is 1.68. The first-order chi connectivity index (χ1) is 6.81. The molecule has 88 valence electrons. The van der Waals surface area contributed by atoms with E-state index in [2.05, 4.69) is 0 Å². The van der Waals surface area contributed by atoms with Crippen LogP contribution in [-0.2, 0) is 9.47 Å². The van der Waals surface area contributed by atoms with Crippen molar-refractivity contribution >= 4 is 6.09 Å². The molecule has 1 rings (SSSR count). The molecule has 0 aromatic rings. The quantitative estimate of drug-likeness (QED) is 0.620. The minimum atomic E-state index is -0.436. The zero-order valence-corrected chi connectivity index (χ0v) is 10.2. The van der Waals surface area contributed by atoms with Gasteiger partial charge >= 0.3 is 6.09 Å². The van der Waals surface area contributed by atoms with Crippen LogP contribution in [-0.4, -0.2) is 41.9 Å². The summed E-state index contributed by atoms with van der Waals surface area (Å²) in [6.07, 6.45) is -0.245. The molecule has 1 fully saturated rings. The average molecular weight is 215 g/mol. The lowest BCUT2D eigenvalue weighted by atomic mass is 10.2. The van der Waals surface area contributed by atoms with Crippen molar-refractivity contribution in [3.63, 3.8) is 0 Å². The molecule has 0 unspecified atom stereocenters. The topological polar surface area (TPSA) is 38.8 Å². The summed E-state index contributed by atoms with van der Waals surface area (Å²) >= 11 is 0. The Labute approximate surface area is 91.5 Å². The Morgan fingerprint density at radius 3 is 2.13 bits per heavy atom. The molecule has 0 spiro atoms. The zero-order valence-electron chi connectivity index (χ0n) is 10.2. The minimum absolute atomic E-state index is 0.0867. The van der Waals surface area contributed by atoms with Gasteiger partial charge in [0, 0.05) is 0 Å². The smallest absolute Gasteiger partial charge is 0.410 e. The minimum Gasteiger partial charge on any atom is -0.444 e. The predicted octanol–water partition coefficient (Wildman–Crippen LogP) is 2.03. The maximum Gasteiger partial charge on any atom is 0.410 e. The SMILES string of the molecule is C[C@@H]1COC[C@@H](C)N1C(=O)OC(C)(C)C. The van der Waals surface area contributed by atoms with Gasteiger partial charge in [-0.05, 0) is 34.6 Å². The van der Waals surface area contributed by atoms with Gasteiger partial charge in [0.15, 0.2) is 0 Å². The lowest BCUT2D eigenvalue weighted by Crippen LogP contribution is -2.53. The summed E-state index contributed by atoms with van der Waals surface area (Å²) in [5, 5.41) is 0. The summed E-state index contributed by atoms with van der Waals surface area (Å²) in [5.74, 6) is 0. The van der Waals surface area contributed by atoms with Crippen molar-refractivity contribution in [2.45, 2.75) is 52.3 Å². The van der Waals surface area contributed by atoms with Gasteiger partial charge in [-0.25, -0.2) is 4.79 Å². The van der Waals surface area contributed by atoms with Gasteiger partial charge < -0.3 is 9.47 Å². The molecule has 0 aromatic heterocycles. The van der Waals surface area contributed by atoms with E-state index in [1.807, 2.05) is 34.6 Å². The first-order valence-electron chi connectivity index (χ1n) is 5.40. The van der Waals surface area contributed by atoms with Crippen LogP contribution in [0.25, 0.3) is 0 Å². The zero-order chi connectivity index (χ0) is 11.6. The third-order valence-electron chi connectivity index (χ3n) is 2.27. The van der Waals surface area contributed by atoms with Crippen molar-refractivity contribution in [1.29, 1.82) is 0 Å². The third-order valence-corrected chi connectivity index (χ3v) is 2.27. The van der Waals surface area contributed by atoms with E-state index in [-0.39, 0.29) is 18.2 Å².